The first kappa shape index (κ1) is 28.2. The summed E-state index contributed by atoms with van der Waals surface area (Å²) in [5.41, 5.74) is 3.59. The molecule has 0 aliphatic carbocycles. The molecule has 3 rings (SSSR count). The van der Waals surface area contributed by atoms with Gasteiger partial charge in [0, 0.05) is 23.3 Å². The molecule has 0 aliphatic heterocycles. The van der Waals surface area contributed by atoms with Gasteiger partial charge in [-0.25, -0.2) is 4.79 Å². The molecule has 0 N–H and O–H groups in total. The van der Waals surface area contributed by atoms with Crippen molar-refractivity contribution in [3.63, 3.8) is 0 Å². The Labute approximate surface area is 220 Å². The van der Waals surface area contributed by atoms with Crippen LogP contribution in [0.3, 0.4) is 0 Å². The number of benzene rings is 3. The SMILES string of the molecule is COC(=O)C(=O)N(Cc1ccc(C(C)(C)C)cc1)c1ccc(SCc2ccc(OC(C)(F)F)cc2)cc1. The van der Waals surface area contributed by atoms with E-state index in [0.717, 1.165) is 16.0 Å². The van der Waals surface area contributed by atoms with E-state index in [1.165, 1.54) is 29.7 Å². The van der Waals surface area contributed by atoms with Crippen molar-refractivity contribution >= 4 is 29.3 Å². The summed E-state index contributed by atoms with van der Waals surface area (Å²) >= 11 is 1.56. The van der Waals surface area contributed by atoms with Crippen molar-refractivity contribution in [3.8, 4) is 5.75 Å². The number of hydrogen-bond donors (Lipinski definition) is 0. The van der Waals surface area contributed by atoms with Crippen molar-refractivity contribution in [2.75, 3.05) is 12.0 Å². The normalized spacial score (nSPS) is 11.6. The molecule has 0 heterocycles. The topological polar surface area (TPSA) is 55.8 Å². The Morgan fingerprint density at radius 3 is 1.92 bits per heavy atom. The maximum absolute atomic E-state index is 13.0. The van der Waals surface area contributed by atoms with Crippen LogP contribution in [-0.4, -0.2) is 25.1 Å². The quantitative estimate of drug-likeness (QED) is 0.180. The highest BCUT2D eigenvalue weighted by molar-refractivity contribution is 7.98. The van der Waals surface area contributed by atoms with Gasteiger partial charge >= 0.3 is 18.0 Å². The second-order valence-electron chi connectivity index (χ2n) is 9.67. The fourth-order valence-corrected chi connectivity index (χ4v) is 4.37. The Morgan fingerprint density at radius 2 is 1.41 bits per heavy atom. The standard InChI is InChI=1S/C29H31F2NO4S/c1-28(2,3)22-10-6-20(7-11-22)18-32(26(33)27(34)35-5)23-12-16-25(17-13-23)37-19-21-8-14-24(15-9-21)36-29(4,30)31/h6-17H,18-19H2,1-5H3. The number of rotatable bonds is 8. The molecule has 196 valence electrons. The van der Waals surface area contributed by atoms with E-state index < -0.39 is 18.0 Å². The number of carbonyl (C=O) groups is 2. The zero-order chi connectivity index (χ0) is 27.2. The second kappa shape index (κ2) is 11.8. The molecule has 5 nitrogen and oxygen atoms in total. The third-order valence-electron chi connectivity index (χ3n) is 5.54. The zero-order valence-corrected chi connectivity index (χ0v) is 22.4. The van der Waals surface area contributed by atoms with E-state index in [2.05, 4.69) is 30.2 Å². The van der Waals surface area contributed by atoms with Gasteiger partial charge in [-0.2, -0.15) is 8.78 Å². The number of halogens is 2. The van der Waals surface area contributed by atoms with Gasteiger partial charge in [-0.15, -0.1) is 11.8 Å². The van der Waals surface area contributed by atoms with Crippen molar-refractivity contribution < 1.29 is 27.8 Å². The molecule has 0 aliphatic rings. The van der Waals surface area contributed by atoms with Crippen LogP contribution in [0.5, 0.6) is 5.75 Å². The summed E-state index contributed by atoms with van der Waals surface area (Å²) in [7, 11) is 1.18. The number of methoxy groups -OCH3 is 1. The summed E-state index contributed by atoms with van der Waals surface area (Å²) in [5, 5.41) is 0. The van der Waals surface area contributed by atoms with Crippen LogP contribution >= 0.6 is 11.8 Å². The maximum atomic E-state index is 13.0. The van der Waals surface area contributed by atoms with E-state index in [0.29, 0.717) is 18.4 Å². The van der Waals surface area contributed by atoms with Gasteiger partial charge in [-0.3, -0.25) is 9.69 Å². The Kier molecular flexibility index (Phi) is 8.97. The predicted molar refractivity (Wildman–Crippen MR) is 142 cm³/mol. The van der Waals surface area contributed by atoms with Gasteiger partial charge in [0.05, 0.1) is 13.7 Å². The highest BCUT2D eigenvalue weighted by atomic mass is 32.2. The predicted octanol–water partition coefficient (Wildman–Crippen LogP) is 6.97. The molecule has 0 fully saturated rings. The fraction of sp³-hybridized carbons (Fsp3) is 0.310. The average molecular weight is 528 g/mol. The number of nitrogens with zero attached hydrogens (tertiary/aromatic N) is 1. The Hall–Kier alpha value is -3.39. The summed E-state index contributed by atoms with van der Waals surface area (Å²) in [6, 6.07) is 21.8. The molecule has 0 radical (unpaired) electrons. The Bertz CT molecular complexity index is 1200. The molecule has 0 atom stereocenters. The van der Waals surface area contributed by atoms with Gasteiger partial charge in [0.1, 0.15) is 5.75 Å². The van der Waals surface area contributed by atoms with Crippen molar-refractivity contribution in [2.45, 2.75) is 56.4 Å². The fourth-order valence-electron chi connectivity index (χ4n) is 3.52. The summed E-state index contributed by atoms with van der Waals surface area (Å²) in [5.74, 6) is -0.956. The van der Waals surface area contributed by atoms with Crippen LogP contribution < -0.4 is 9.64 Å². The molecule has 3 aromatic carbocycles. The summed E-state index contributed by atoms with van der Waals surface area (Å²) in [6.07, 6.45) is -3.23. The lowest BCUT2D eigenvalue weighted by Gasteiger charge is -2.23. The minimum Gasteiger partial charge on any atom is -0.462 e. The third-order valence-corrected chi connectivity index (χ3v) is 6.62. The molecule has 0 unspecified atom stereocenters. The number of thioether (sulfide) groups is 1. The highest BCUT2D eigenvalue weighted by Gasteiger charge is 2.25. The molecule has 0 saturated heterocycles. The lowest BCUT2D eigenvalue weighted by atomic mass is 9.87. The van der Waals surface area contributed by atoms with Gasteiger partial charge in [0.15, 0.2) is 0 Å². The maximum Gasteiger partial charge on any atom is 0.397 e. The summed E-state index contributed by atoms with van der Waals surface area (Å²) in [6.45, 7) is 7.31. The molecular formula is C29H31F2NO4S. The van der Waals surface area contributed by atoms with E-state index in [4.69, 9.17) is 0 Å². The molecule has 0 saturated carbocycles. The van der Waals surface area contributed by atoms with Gasteiger partial charge in [-0.05, 0) is 58.5 Å². The number of alkyl halides is 2. The molecule has 1 amide bonds. The number of anilines is 1. The minimum absolute atomic E-state index is 0.00749. The van der Waals surface area contributed by atoms with E-state index in [9.17, 15) is 18.4 Å². The van der Waals surface area contributed by atoms with Crippen molar-refractivity contribution in [2.24, 2.45) is 0 Å². The van der Waals surface area contributed by atoms with Crippen molar-refractivity contribution in [3.05, 3.63) is 89.5 Å². The Morgan fingerprint density at radius 1 is 0.838 bits per heavy atom. The summed E-state index contributed by atoms with van der Waals surface area (Å²) in [4.78, 5) is 27.2. The third kappa shape index (κ3) is 8.32. The van der Waals surface area contributed by atoms with Crippen LogP contribution in [0.4, 0.5) is 14.5 Å². The molecular weight excluding hydrogens is 496 g/mol. The van der Waals surface area contributed by atoms with E-state index >= 15 is 0 Å². The average Bonchev–Trinajstić information content (AvgIpc) is 2.85. The molecule has 37 heavy (non-hydrogen) atoms. The Balaban J connectivity index is 1.71. The zero-order valence-electron chi connectivity index (χ0n) is 21.6. The summed E-state index contributed by atoms with van der Waals surface area (Å²) < 4.78 is 35.2. The largest absolute Gasteiger partial charge is 0.462 e. The first-order valence-corrected chi connectivity index (χ1v) is 12.7. The minimum atomic E-state index is -3.23. The van der Waals surface area contributed by atoms with Crippen LogP contribution in [0.1, 0.15) is 44.4 Å². The van der Waals surface area contributed by atoms with Crippen LogP contribution in [-0.2, 0) is 32.0 Å². The molecule has 0 spiro atoms. The highest BCUT2D eigenvalue weighted by Crippen LogP contribution is 2.29. The number of amides is 1. The van der Waals surface area contributed by atoms with E-state index in [1.807, 2.05) is 36.4 Å². The van der Waals surface area contributed by atoms with Gasteiger partial charge in [-0.1, -0.05) is 57.2 Å². The van der Waals surface area contributed by atoms with Gasteiger partial charge < -0.3 is 9.47 Å². The second-order valence-corrected chi connectivity index (χ2v) is 10.7. The van der Waals surface area contributed by atoms with Crippen LogP contribution in [0.25, 0.3) is 0 Å². The van der Waals surface area contributed by atoms with Crippen molar-refractivity contribution in [1.82, 2.24) is 0 Å². The van der Waals surface area contributed by atoms with Crippen LogP contribution in [0.2, 0.25) is 0 Å². The lowest BCUT2D eigenvalue weighted by Crippen LogP contribution is -2.36. The molecule has 0 bridgehead atoms. The molecule has 8 heteroatoms. The van der Waals surface area contributed by atoms with Crippen molar-refractivity contribution in [1.29, 1.82) is 0 Å². The van der Waals surface area contributed by atoms with Gasteiger partial charge in [0.2, 0.25) is 0 Å². The van der Waals surface area contributed by atoms with Crippen LogP contribution in [0.15, 0.2) is 77.7 Å². The number of carbonyl (C=O) groups excluding carboxylic acids is 2. The monoisotopic (exact) mass is 527 g/mol. The van der Waals surface area contributed by atoms with Gasteiger partial charge in [0.25, 0.3) is 0 Å². The van der Waals surface area contributed by atoms with E-state index in [-0.39, 0.29) is 17.7 Å². The number of ether oxygens (including phenoxy) is 2. The smallest absolute Gasteiger partial charge is 0.397 e. The first-order chi connectivity index (χ1) is 17.4. The number of esters is 1. The van der Waals surface area contributed by atoms with Crippen LogP contribution in [0, 0.1) is 0 Å². The van der Waals surface area contributed by atoms with E-state index in [1.54, 1.807) is 36.0 Å². The molecule has 3 aromatic rings. The number of hydrogen-bond acceptors (Lipinski definition) is 5. The lowest BCUT2D eigenvalue weighted by molar-refractivity contribution is -0.159. The first-order valence-electron chi connectivity index (χ1n) is 11.7. The molecule has 0 aromatic heterocycles.